The summed E-state index contributed by atoms with van der Waals surface area (Å²) >= 11 is 5.78. The van der Waals surface area contributed by atoms with E-state index in [1.807, 2.05) is 0 Å². The largest absolute Gasteiger partial charge is 0.481 e. The predicted molar refractivity (Wildman–Crippen MR) is 91.4 cm³/mol. The summed E-state index contributed by atoms with van der Waals surface area (Å²) in [6.45, 7) is 1.45. The molecule has 1 N–H and O–H groups in total. The average molecular weight is 399 g/mol. The number of hydrogen-bond donors (Lipinski definition) is 1. The maximum Gasteiger partial charge on any atom is 0.417 e. The van der Waals surface area contributed by atoms with Gasteiger partial charge in [0.05, 0.1) is 12.1 Å². The summed E-state index contributed by atoms with van der Waals surface area (Å²) in [6, 6.07) is 8.64. The minimum atomic E-state index is -4.49. The zero-order valence-corrected chi connectivity index (χ0v) is 14.8. The number of alkyl halides is 3. The molecule has 0 saturated carbocycles. The van der Waals surface area contributed by atoms with Gasteiger partial charge in [0.1, 0.15) is 5.75 Å². The number of nitrogens with one attached hydrogen (secondary N) is 1. The van der Waals surface area contributed by atoms with E-state index < -0.39 is 23.8 Å². The highest BCUT2D eigenvalue weighted by Gasteiger charge is 2.31. The van der Waals surface area contributed by atoms with E-state index >= 15 is 0 Å². The molecule has 0 aliphatic carbocycles. The third kappa shape index (κ3) is 4.48. The molecule has 3 rings (SSSR count). The molecule has 0 saturated heterocycles. The molecule has 1 atom stereocenters. The van der Waals surface area contributed by atoms with E-state index in [1.165, 1.54) is 10.5 Å². The number of hydrogen-bond acceptors (Lipinski definition) is 4. The molecule has 0 fully saturated rings. The number of fused-ring (bicyclic) bond motifs is 1. The molecular formula is C17H14ClF3N4O2. The summed E-state index contributed by atoms with van der Waals surface area (Å²) in [5.74, 6) is 0.182. The standard InChI is InChI=1S/C17H14ClF3N4O2/c1-10(27-13-5-3-12(18)4-6-13)16(26)22-8-15-24-23-14-7-2-11(9-25(14)15)17(19,20)21/h2-7,9-10H,8H2,1H3,(H,22,26)/t10-/m1/s1. The molecule has 1 aromatic carbocycles. The molecular weight excluding hydrogens is 385 g/mol. The summed E-state index contributed by atoms with van der Waals surface area (Å²) in [4.78, 5) is 12.2. The van der Waals surface area contributed by atoms with Gasteiger partial charge in [-0.25, -0.2) is 0 Å². The number of pyridine rings is 1. The van der Waals surface area contributed by atoms with Crippen LogP contribution in [0, 0.1) is 0 Å². The van der Waals surface area contributed by atoms with Crippen LogP contribution in [0.25, 0.3) is 5.65 Å². The van der Waals surface area contributed by atoms with Crippen LogP contribution in [-0.4, -0.2) is 26.6 Å². The lowest BCUT2D eigenvalue weighted by atomic mass is 10.3. The lowest BCUT2D eigenvalue weighted by Crippen LogP contribution is -2.36. The second-order valence-electron chi connectivity index (χ2n) is 5.69. The summed E-state index contributed by atoms with van der Waals surface area (Å²) in [5, 5.41) is 10.7. The molecule has 0 radical (unpaired) electrons. The number of nitrogens with zero attached hydrogens (tertiary/aromatic N) is 3. The van der Waals surface area contributed by atoms with E-state index in [4.69, 9.17) is 16.3 Å². The van der Waals surface area contributed by atoms with Crippen LogP contribution >= 0.6 is 11.6 Å². The van der Waals surface area contributed by atoms with Crippen LogP contribution in [0.3, 0.4) is 0 Å². The zero-order chi connectivity index (χ0) is 19.6. The van der Waals surface area contributed by atoms with Crippen LogP contribution in [0.15, 0.2) is 42.6 Å². The molecule has 1 amide bonds. The van der Waals surface area contributed by atoms with E-state index in [-0.39, 0.29) is 18.0 Å². The third-order valence-electron chi connectivity index (χ3n) is 3.72. The number of halogens is 4. The SMILES string of the molecule is C[C@@H](Oc1ccc(Cl)cc1)C(=O)NCc1nnc2ccc(C(F)(F)F)cn12. The number of carbonyl (C=O) groups excluding carboxylic acids is 1. The Morgan fingerprint density at radius 2 is 1.93 bits per heavy atom. The fourth-order valence-corrected chi connectivity index (χ4v) is 2.43. The number of benzene rings is 1. The highest BCUT2D eigenvalue weighted by molar-refractivity contribution is 6.30. The fraction of sp³-hybridized carbons (Fsp3) is 0.235. The average Bonchev–Trinajstić information content (AvgIpc) is 3.03. The second kappa shape index (κ2) is 7.43. The van der Waals surface area contributed by atoms with Gasteiger partial charge in [-0.1, -0.05) is 11.6 Å². The number of carbonyl (C=O) groups is 1. The minimum absolute atomic E-state index is 0.102. The van der Waals surface area contributed by atoms with Gasteiger partial charge >= 0.3 is 6.18 Å². The first-order valence-corrected chi connectivity index (χ1v) is 8.22. The van der Waals surface area contributed by atoms with Crippen molar-refractivity contribution in [3.63, 3.8) is 0 Å². The van der Waals surface area contributed by atoms with Crippen molar-refractivity contribution in [2.45, 2.75) is 25.7 Å². The highest BCUT2D eigenvalue weighted by Crippen LogP contribution is 2.29. The summed E-state index contributed by atoms with van der Waals surface area (Å²) in [7, 11) is 0. The number of ether oxygens (including phenoxy) is 1. The van der Waals surface area contributed by atoms with Gasteiger partial charge in [-0.3, -0.25) is 9.20 Å². The van der Waals surface area contributed by atoms with Gasteiger partial charge in [0.15, 0.2) is 17.6 Å². The minimum Gasteiger partial charge on any atom is -0.481 e. The van der Waals surface area contributed by atoms with Crippen LogP contribution in [0.2, 0.25) is 5.02 Å². The first-order chi connectivity index (χ1) is 12.7. The molecule has 3 aromatic rings. The molecule has 0 bridgehead atoms. The Kier molecular flexibility index (Phi) is 5.22. The fourth-order valence-electron chi connectivity index (χ4n) is 2.31. The third-order valence-corrected chi connectivity index (χ3v) is 3.97. The van der Waals surface area contributed by atoms with Crippen molar-refractivity contribution in [3.8, 4) is 5.75 Å². The van der Waals surface area contributed by atoms with E-state index in [0.29, 0.717) is 10.8 Å². The van der Waals surface area contributed by atoms with Gasteiger partial charge in [-0.05, 0) is 43.3 Å². The summed E-state index contributed by atoms with van der Waals surface area (Å²) in [6.07, 6.45) is -4.42. The second-order valence-corrected chi connectivity index (χ2v) is 6.13. The van der Waals surface area contributed by atoms with Gasteiger partial charge in [0, 0.05) is 11.2 Å². The molecule has 2 aromatic heterocycles. The topological polar surface area (TPSA) is 68.5 Å². The Morgan fingerprint density at radius 1 is 1.22 bits per heavy atom. The molecule has 6 nitrogen and oxygen atoms in total. The lowest BCUT2D eigenvalue weighted by Gasteiger charge is -2.14. The van der Waals surface area contributed by atoms with Crippen LogP contribution in [0.4, 0.5) is 13.2 Å². The number of rotatable bonds is 5. The van der Waals surface area contributed by atoms with Gasteiger partial charge in [-0.15, -0.1) is 10.2 Å². The molecule has 0 unspecified atom stereocenters. The van der Waals surface area contributed by atoms with Gasteiger partial charge in [-0.2, -0.15) is 13.2 Å². The van der Waals surface area contributed by atoms with E-state index in [2.05, 4.69) is 15.5 Å². The zero-order valence-electron chi connectivity index (χ0n) is 14.0. The Hall–Kier alpha value is -2.81. The Labute approximate surface area is 156 Å². The summed E-state index contributed by atoms with van der Waals surface area (Å²) in [5.41, 5.74) is -0.584. The van der Waals surface area contributed by atoms with Crippen molar-refractivity contribution < 1.29 is 22.7 Å². The summed E-state index contributed by atoms with van der Waals surface area (Å²) < 4.78 is 45.2. The molecule has 27 heavy (non-hydrogen) atoms. The van der Waals surface area contributed by atoms with Crippen molar-refractivity contribution in [1.82, 2.24) is 19.9 Å². The molecule has 0 aliphatic rings. The quantitative estimate of drug-likeness (QED) is 0.714. The molecule has 2 heterocycles. The highest BCUT2D eigenvalue weighted by atomic mass is 35.5. The van der Waals surface area contributed by atoms with Crippen molar-refractivity contribution in [1.29, 1.82) is 0 Å². The van der Waals surface area contributed by atoms with E-state index in [1.54, 1.807) is 31.2 Å². The van der Waals surface area contributed by atoms with Crippen LogP contribution < -0.4 is 10.1 Å². The number of amides is 1. The molecule has 142 valence electrons. The van der Waals surface area contributed by atoms with E-state index in [0.717, 1.165) is 12.3 Å². The maximum absolute atomic E-state index is 12.9. The van der Waals surface area contributed by atoms with Crippen molar-refractivity contribution >= 4 is 23.2 Å². The normalized spacial score (nSPS) is 12.8. The first-order valence-electron chi connectivity index (χ1n) is 7.85. The smallest absolute Gasteiger partial charge is 0.417 e. The Morgan fingerprint density at radius 3 is 2.59 bits per heavy atom. The van der Waals surface area contributed by atoms with Crippen LogP contribution in [-0.2, 0) is 17.5 Å². The monoisotopic (exact) mass is 398 g/mol. The van der Waals surface area contributed by atoms with Gasteiger partial charge < -0.3 is 10.1 Å². The lowest BCUT2D eigenvalue weighted by molar-refractivity contribution is -0.138. The van der Waals surface area contributed by atoms with Crippen molar-refractivity contribution in [2.24, 2.45) is 0 Å². The molecule has 0 aliphatic heterocycles. The first kappa shape index (κ1) is 19.0. The Bertz CT molecular complexity index is 957. The van der Waals surface area contributed by atoms with Gasteiger partial charge in [0.2, 0.25) is 0 Å². The maximum atomic E-state index is 12.9. The van der Waals surface area contributed by atoms with Crippen LogP contribution in [0.5, 0.6) is 5.75 Å². The Balaban J connectivity index is 1.66. The van der Waals surface area contributed by atoms with E-state index in [9.17, 15) is 18.0 Å². The van der Waals surface area contributed by atoms with Crippen LogP contribution in [0.1, 0.15) is 18.3 Å². The molecule has 0 spiro atoms. The van der Waals surface area contributed by atoms with Crippen molar-refractivity contribution in [2.75, 3.05) is 0 Å². The van der Waals surface area contributed by atoms with Gasteiger partial charge in [0.25, 0.3) is 5.91 Å². The van der Waals surface area contributed by atoms with Crippen molar-refractivity contribution in [3.05, 3.63) is 59.0 Å². The molecule has 10 heteroatoms. The predicted octanol–water partition coefficient (Wildman–Crippen LogP) is 3.49. The number of aromatic nitrogens is 3.